The summed E-state index contributed by atoms with van der Waals surface area (Å²) in [6.07, 6.45) is 1.48. The zero-order valence-electron chi connectivity index (χ0n) is 17.2. The fourth-order valence-electron chi connectivity index (χ4n) is 2.91. The summed E-state index contributed by atoms with van der Waals surface area (Å²) in [6.45, 7) is 8.92. The first-order valence-corrected chi connectivity index (χ1v) is 9.27. The van der Waals surface area contributed by atoms with Gasteiger partial charge in [-0.05, 0) is 49.6 Å². The Labute approximate surface area is 174 Å². The number of carbonyl (C=O) groups is 2. The molecule has 0 spiro atoms. The van der Waals surface area contributed by atoms with Crippen LogP contribution < -0.4 is 10.9 Å². The standard InChI is InChI=1S/C21H23N5O4/c1-13(2)12-25-14(3)9-17(15(25)4)10-18(11-22)21(28)24-23-20(27)16-5-7-19(8-6-16)26(29)30/h5-10,13H,12H2,1-4H3,(H,23,27)(H,24,28)/b18-10-. The summed E-state index contributed by atoms with van der Waals surface area (Å²) in [5.41, 5.74) is 6.92. The van der Waals surface area contributed by atoms with Gasteiger partial charge in [0.15, 0.2) is 0 Å². The lowest BCUT2D eigenvalue weighted by Crippen LogP contribution is -2.42. The van der Waals surface area contributed by atoms with E-state index in [0.717, 1.165) is 23.5 Å². The van der Waals surface area contributed by atoms with Crippen molar-refractivity contribution in [3.8, 4) is 6.07 Å². The highest BCUT2D eigenvalue weighted by Crippen LogP contribution is 2.19. The average molecular weight is 409 g/mol. The van der Waals surface area contributed by atoms with E-state index in [4.69, 9.17) is 0 Å². The first kappa shape index (κ1) is 22.4. The Kier molecular flexibility index (Phi) is 7.09. The number of non-ortho nitro benzene ring substituents is 1. The van der Waals surface area contributed by atoms with E-state index in [1.807, 2.05) is 26.0 Å². The number of nitriles is 1. The van der Waals surface area contributed by atoms with Crippen LogP contribution in [-0.2, 0) is 11.3 Å². The molecule has 0 fully saturated rings. The van der Waals surface area contributed by atoms with E-state index in [0.29, 0.717) is 5.92 Å². The minimum absolute atomic E-state index is 0.126. The van der Waals surface area contributed by atoms with Crippen LogP contribution in [0, 0.1) is 41.2 Å². The molecule has 1 aromatic carbocycles. The molecule has 2 aromatic rings. The molecule has 1 heterocycles. The van der Waals surface area contributed by atoms with Crippen molar-refractivity contribution in [2.45, 2.75) is 34.2 Å². The number of nitrogens with one attached hydrogen (secondary N) is 2. The molecule has 0 aliphatic rings. The van der Waals surface area contributed by atoms with Crippen LogP contribution in [0.4, 0.5) is 5.69 Å². The van der Waals surface area contributed by atoms with Crippen molar-refractivity contribution >= 4 is 23.6 Å². The van der Waals surface area contributed by atoms with Crippen molar-refractivity contribution in [3.05, 3.63) is 68.5 Å². The third-order valence-corrected chi connectivity index (χ3v) is 4.46. The van der Waals surface area contributed by atoms with Crippen molar-refractivity contribution in [3.63, 3.8) is 0 Å². The molecule has 0 saturated carbocycles. The lowest BCUT2D eigenvalue weighted by atomic mass is 10.1. The molecule has 30 heavy (non-hydrogen) atoms. The van der Waals surface area contributed by atoms with Gasteiger partial charge in [0.2, 0.25) is 0 Å². The molecule has 0 atom stereocenters. The number of nitrogens with zero attached hydrogens (tertiary/aromatic N) is 3. The molecular weight excluding hydrogens is 386 g/mol. The SMILES string of the molecule is Cc1cc(/C=C(/C#N)C(=O)NNC(=O)c2ccc([N+](=O)[O-])cc2)c(C)n1CC(C)C. The molecule has 1 aromatic heterocycles. The van der Waals surface area contributed by atoms with Crippen LogP contribution in [0.5, 0.6) is 0 Å². The molecule has 9 nitrogen and oxygen atoms in total. The van der Waals surface area contributed by atoms with E-state index in [1.165, 1.54) is 30.3 Å². The normalized spacial score (nSPS) is 11.1. The van der Waals surface area contributed by atoms with E-state index in [-0.39, 0.29) is 16.8 Å². The van der Waals surface area contributed by atoms with Crippen LogP contribution in [0.1, 0.15) is 41.2 Å². The Morgan fingerprint density at radius 3 is 2.40 bits per heavy atom. The molecule has 0 aliphatic carbocycles. The van der Waals surface area contributed by atoms with Crippen LogP contribution in [0.2, 0.25) is 0 Å². The zero-order valence-corrected chi connectivity index (χ0v) is 17.2. The maximum absolute atomic E-state index is 12.3. The number of aromatic nitrogens is 1. The first-order chi connectivity index (χ1) is 14.1. The fourth-order valence-corrected chi connectivity index (χ4v) is 2.91. The Morgan fingerprint density at radius 2 is 1.87 bits per heavy atom. The molecule has 156 valence electrons. The zero-order chi connectivity index (χ0) is 22.4. The fraction of sp³-hybridized carbons (Fsp3) is 0.286. The maximum atomic E-state index is 12.3. The quantitative estimate of drug-likeness (QED) is 0.328. The van der Waals surface area contributed by atoms with E-state index in [1.54, 1.807) is 0 Å². The van der Waals surface area contributed by atoms with Gasteiger partial charge in [0.05, 0.1) is 4.92 Å². The van der Waals surface area contributed by atoms with E-state index in [2.05, 4.69) is 29.3 Å². The third kappa shape index (κ3) is 5.32. The number of hydrogen-bond donors (Lipinski definition) is 2. The van der Waals surface area contributed by atoms with Crippen molar-refractivity contribution in [1.82, 2.24) is 15.4 Å². The summed E-state index contributed by atoms with van der Waals surface area (Å²) >= 11 is 0. The largest absolute Gasteiger partial charge is 0.348 e. The molecule has 2 amide bonds. The first-order valence-electron chi connectivity index (χ1n) is 9.27. The van der Waals surface area contributed by atoms with Gasteiger partial charge in [-0.25, -0.2) is 0 Å². The predicted molar refractivity (Wildman–Crippen MR) is 111 cm³/mol. The lowest BCUT2D eigenvalue weighted by Gasteiger charge is -2.12. The minimum atomic E-state index is -0.763. The van der Waals surface area contributed by atoms with Crippen LogP contribution >= 0.6 is 0 Å². The number of carbonyl (C=O) groups excluding carboxylic acids is 2. The van der Waals surface area contributed by atoms with Crippen LogP contribution in [0.25, 0.3) is 6.08 Å². The predicted octanol–water partition coefficient (Wildman–Crippen LogP) is 3.04. The van der Waals surface area contributed by atoms with Crippen molar-refractivity contribution < 1.29 is 14.5 Å². The molecule has 0 saturated heterocycles. The van der Waals surface area contributed by atoms with E-state index < -0.39 is 16.7 Å². The average Bonchev–Trinajstić information content (AvgIpc) is 2.96. The number of benzene rings is 1. The van der Waals surface area contributed by atoms with Gasteiger partial charge in [-0.3, -0.25) is 30.6 Å². The van der Waals surface area contributed by atoms with E-state index in [9.17, 15) is 25.0 Å². The molecule has 0 radical (unpaired) electrons. The number of hydrazine groups is 1. The topological polar surface area (TPSA) is 130 Å². The second-order valence-corrected chi connectivity index (χ2v) is 7.21. The molecule has 0 unspecified atom stereocenters. The molecule has 2 rings (SSSR count). The summed E-state index contributed by atoms with van der Waals surface area (Å²) in [5.74, 6) is -0.980. The molecule has 9 heteroatoms. The highest BCUT2D eigenvalue weighted by atomic mass is 16.6. The van der Waals surface area contributed by atoms with Crippen LogP contribution in [-0.4, -0.2) is 21.3 Å². The highest BCUT2D eigenvalue weighted by molar-refractivity contribution is 6.03. The van der Waals surface area contributed by atoms with Gasteiger partial charge in [-0.2, -0.15) is 5.26 Å². The molecular formula is C21H23N5O4. The van der Waals surface area contributed by atoms with Crippen LogP contribution in [0.3, 0.4) is 0 Å². The monoisotopic (exact) mass is 409 g/mol. The molecule has 0 aliphatic heterocycles. The van der Waals surface area contributed by atoms with Gasteiger partial charge >= 0.3 is 0 Å². The Balaban J connectivity index is 2.10. The number of amides is 2. The summed E-state index contributed by atoms with van der Waals surface area (Å²) in [4.78, 5) is 34.5. The lowest BCUT2D eigenvalue weighted by molar-refractivity contribution is -0.384. The van der Waals surface area contributed by atoms with Crippen molar-refractivity contribution in [2.24, 2.45) is 5.92 Å². The van der Waals surface area contributed by atoms with Crippen molar-refractivity contribution in [2.75, 3.05) is 0 Å². The number of rotatable bonds is 6. The van der Waals surface area contributed by atoms with E-state index >= 15 is 0 Å². The maximum Gasteiger partial charge on any atom is 0.280 e. The number of nitro groups is 1. The molecule has 2 N–H and O–H groups in total. The van der Waals surface area contributed by atoms with Crippen molar-refractivity contribution in [1.29, 1.82) is 5.26 Å². The minimum Gasteiger partial charge on any atom is -0.348 e. The number of aryl methyl sites for hydroxylation is 1. The second-order valence-electron chi connectivity index (χ2n) is 7.21. The van der Waals surface area contributed by atoms with Gasteiger partial charge in [0, 0.05) is 35.6 Å². The Hall–Kier alpha value is -3.93. The summed E-state index contributed by atoms with van der Waals surface area (Å²) in [5, 5.41) is 20.0. The Bertz CT molecular complexity index is 1040. The third-order valence-electron chi connectivity index (χ3n) is 4.46. The molecule has 0 bridgehead atoms. The van der Waals surface area contributed by atoms with Gasteiger partial charge < -0.3 is 4.57 Å². The van der Waals surface area contributed by atoms with Gasteiger partial charge in [0.1, 0.15) is 11.6 Å². The summed E-state index contributed by atoms with van der Waals surface area (Å²) < 4.78 is 2.12. The summed E-state index contributed by atoms with van der Waals surface area (Å²) in [7, 11) is 0. The van der Waals surface area contributed by atoms with Crippen LogP contribution in [0.15, 0.2) is 35.9 Å². The van der Waals surface area contributed by atoms with Gasteiger partial charge in [-0.15, -0.1) is 0 Å². The van der Waals surface area contributed by atoms with Gasteiger partial charge in [-0.1, -0.05) is 13.8 Å². The number of hydrogen-bond acceptors (Lipinski definition) is 5. The number of nitro benzene ring substituents is 1. The van der Waals surface area contributed by atoms with Gasteiger partial charge in [0.25, 0.3) is 17.5 Å². The summed E-state index contributed by atoms with van der Waals surface area (Å²) in [6, 6.07) is 8.65. The smallest absolute Gasteiger partial charge is 0.280 e. The highest BCUT2D eigenvalue weighted by Gasteiger charge is 2.15. The Morgan fingerprint density at radius 1 is 1.23 bits per heavy atom. The second kappa shape index (κ2) is 9.52.